The van der Waals surface area contributed by atoms with Crippen LogP contribution in [0.25, 0.3) is 10.4 Å². The maximum atomic E-state index is 13.7. The van der Waals surface area contributed by atoms with Crippen molar-refractivity contribution >= 4 is 11.3 Å². The first-order chi connectivity index (χ1) is 9.09. The molecule has 19 heavy (non-hydrogen) atoms. The van der Waals surface area contributed by atoms with Gasteiger partial charge < -0.3 is 5.32 Å². The van der Waals surface area contributed by atoms with Crippen molar-refractivity contribution in [3.8, 4) is 10.4 Å². The predicted octanol–water partition coefficient (Wildman–Crippen LogP) is 4.22. The summed E-state index contributed by atoms with van der Waals surface area (Å²) in [5.74, 6) is -0.264. The van der Waals surface area contributed by atoms with E-state index in [0.717, 1.165) is 16.0 Å². The first kappa shape index (κ1) is 14.1. The molecule has 2 rings (SSSR count). The van der Waals surface area contributed by atoms with Crippen molar-refractivity contribution in [3.63, 3.8) is 0 Å². The second-order valence-corrected chi connectivity index (χ2v) is 5.10. The Morgan fingerprint density at radius 3 is 2.68 bits per heavy atom. The molecule has 0 saturated carbocycles. The summed E-state index contributed by atoms with van der Waals surface area (Å²) < 4.78 is 37.8. The molecule has 1 heterocycles. The summed E-state index contributed by atoms with van der Waals surface area (Å²) in [6, 6.07) is 6.58. The van der Waals surface area contributed by atoms with Crippen molar-refractivity contribution in [2.75, 3.05) is 6.54 Å². The average Bonchev–Trinajstić information content (AvgIpc) is 2.72. The molecular formula is C14H14F3NS. The van der Waals surface area contributed by atoms with E-state index in [1.165, 1.54) is 17.4 Å². The van der Waals surface area contributed by atoms with Crippen LogP contribution in [-0.2, 0) is 6.54 Å². The number of thiophene rings is 1. The summed E-state index contributed by atoms with van der Waals surface area (Å²) in [6.45, 7) is 1.93. The normalized spacial score (nSPS) is 11.2. The molecule has 1 aromatic heterocycles. The third kappa shape index (κ3) is 3.36. The van der Waals surface area contributed by atoms with Gasteiger partial charge in [0.05, 0.1) is 6.54 Å². The van der Waals surface area contributed by atoms with Crippen LogP contribution in [0.2, 0.25) is 0 Å². The van der Waals surface area contributed by atoms with E-state index in [0.29, 0.717) is 12.1 Å². The third-order valence-corrected chi connectivity index (χ3v) is 4.04. The standard InChI is InChI=1S/C14H14F3NS/c1-9-10(6-18-7-13(16)17)8-19-14(9)11-4-2-3-5-12(11)15/h2-5,8,13,18H,6-7H2,1H3. The van der Waals surface area contributed by atoms with Gasteiger partial charge in [0, 0.05) is 17.0 Å². The minimum atomic E-state index is -2.36. The Labute approximate surface area is 114 Å². The second kappa shape index (κ2) is 6.21. The highest BCUT2D eigenvalue weighted by atomic mass is 32.1. The van der Waals surface area contributed by atoms with Crippen molar-refractivity contribution < 1.29 is 13.2 Å². The zero-order valence-electron chi connectivity index (χ0n) is 10.4. The third-order valence-electron chi connectivity index (χ3n) is 2.87. The van der Waals surface area contributed by atoms with Gasteiger partial charge in [0.2, 0.25) is 0 Å². The van der Waals surface area contributed by atoms with E-state index in [2.05, 4.69) is 5.32 Å². The minimum absolute atomic E-state index is 0.264. The summed E-state index contributed by atoms with van der Waals surface area (Å²) in [4.78, 5) is 0.854. The van der Waals surface area contributed by atoms with Crippen molar-refractivity contribution in [2.45, 2.75) is 19.9 Å². The molecule has 0 aliphatic heterocycles. The van der Waals surface area contributed by atoms with Gasteiger partial charge >= 0.3 is 0 Å². The van der Waals surface area contributed by atoms with E-state index in [1.807, 2.05) is 12.3 Å². The van der Waals surface area contributed by atoms with Crippen molar-refractivity contribution in [3.05, 3.63) is 46.6 Å². The van der Waals surface area contributed by atoms with Crippen molar-refractivity contribution in [1.82, 2.24) is 5.32 Å². The van der Waals surface area contributed by atoms with E-state index in [4.69, 9.17) is 0 Å². The lowest BCUT2D eigenvalue weighted by molar-refractivity contribution is 0.145. The van der Waals surface area contributed by atoms with E-state index < -0.39 is 6.43 Å². The van der Waals surface area contributed by atoms with E-state index in [9.17, 15) is 13.2 Å². The van der Waals surface area contributed by atoms with E-state index >= 15 is 0 Å². The van der Waals surface area contributed by atoms with Crippen LogP contribution in [0.4, 0.5) is 13.2 Å². The van der Waals surface area contributed by atoms with Crippen LogP contribution in [-0.4, -0.2) is 13.0 Å². The zero-order valence-corrected chi connectivity index (χ0v) is 11.2. The van der Waals surface area contributed by atoms with E-state index in [-0.39, 0.29) is 12.4 Å². The molecule has 1 N–H and O–H groups in total. The lowest BCUT2D eigenvalue weighted by Gasteiger charge is -2.05. The maximum Gasteiger partial charge on any atom is 0.250 e. The molecule has 0 amide bonds. The first-order valence-corrected chi connectivity index (χ1v) is 6.78. The summed E-state index contributed by atoms with van der Waals surface area (Å²) >= 11 is 1.43. The van der Waals surface area contributed by atoms with Gasteiger partial charge in [-0.3, -0.25) is 0 Å². The van der Waals surface area contributed by atoms with Crippen LogP contribution in [0.1, 0.15) is 11.1 Å². The van der Waals surface area contributed by atoms with Crippen LogP contribution in [0.3, 0.4) is 0 Å². The predicted molar refractivity (Wildman–Crippen MR) is 72.2 cm³/mol. The Morgan fingerprint density at radius 1 is 1.26 bits per heavy atom. The highest BCUT2D eigenvalue weighted by Crippen LogP contribution is 2.33. The molecule has 0 radical (unpaired) electrons. The first-order valence-electron chi connectivity index (χ1n) is 5.90. The van der Waals surface area contributed by atoms with Gasteiger partial charge in [0.25, 0.3) is 6.43 Å². The molecular weight excluding hydrogens is 271 g/mol. The molecule has 0 aliphatic rings. The molecule has 1 aromatic carbocycles. The maximum absolute atomic E-state index is 13.7. The summed E-state index contributed by atoms with van der Waals surface area (Å²) in [7, 11) is 0. The van der Waals surface area contributed by atoms with Crippen molar-refractivity contribution in [1.29, 1.82) is 0 Å². The Morgan fingerprint density at radius 2 is 2.00 bits per heavy atom. The molecule has 0 atom stereocenters. The highest BCUT2D eigenvalue weighted by Gasteiger charge is 2.12. The Bertz CT molecular complexity index is 551. The highest BCUT2D eigenvalue weighted by molar-refractivity contribution is 7.14. The number of hydrogen-bond acceptors (Lipinski definition) is 2. The molecule has 0 unspecified atom stereocenters. The van der Waals surface area contributed by atoms with Gasteiger partial charge in [-0.1, -0.05) is 18.2 Å². The smallest absolute Gasteiger partial charge is 0.250 e. The fourth-order valence-corrected chi connectivity index (χ4v) is 2.97. The van der Waals surface area contributed by atoms with E-state index in [1.54, 1.807) is 18.2 Å². The average molecular weight is 285 g/mol. The summed E-state index contributed by atoms with van der Waals surface area (Å²) in [5.41, 5.74) is 2.44. The molecule has 102 valence electrons. The van der Waals surface area contributed by atoms with Crippen LogP contribution in [0.15, 0.2) is 29.6 Å². The van der Waals surface area contributed by atoms with Crippen LogP contribution in [0.5, 0.6) is 0 Å². The van der Waals surface area contributed by atoms with Crippen LogP contribution < -0.4 is 5.32 Å². The largest absolute Gasteiger partial charge is 0.307 e. The fourth-order valence-electron chi connectivity index (χ4n) is 1.85. The number of nitrogens with one attached hydrogen (secondary N) is 1. The van der Waals surface area contributed by atoms with Crippen LogP contribution in [0, 0.1) is 12.7 Å². The summed E-state index contributed by atoms with van der Waals surface area (Å²) in [6.07, 6.45) is -2.36. The number of benzene rings is 1. The van der Waals surface area contributed by atoms with Gasteiger partial charge in [-0.15, -0.1) is 11.3 Å². The number of rotatable bonds is 5. The van der Waals surface area contributed by atoms with Gasteiger partial charge in [0.1, 0.15) is 5.82 Å². The minimum Gasteiger partial charge on any atom is -0.307 e. The Balaban J connectivity index is 2.17. The van der Waals surface area contributed by atoms with Gasteiger partial charge in [-0.05, 0) is 29.5 Å². The number of halogens is 3. The van der Waals surface area contributed by atoms with Crippen LogP contribution >= 0.6 is 11.3 Å². The molecule has 0 spiro atoms. The number of alkyl halides is 2. The number of hydrogen-bond donors (Lipinski definition) is 1. The van der Waals surface area contributed by atoms with Crippen molar-refractivity contribution in [2.24, 2.45) is 0 Å². The zero-order chi connectivity index (χ0) is 13.8. The fraction of sp³-hybridized carbons (Fsp3) is 0.286. The second-order valence-electron chi connectivity index (χ2n) is 4.22. The van der Waals surface area contributed by atoms with Gasteiger partial charge in [-0.25, -0.2) is 13.2 Å². The molecule has 0 aliphatic carbocycles. The summed E-state index contributed by atoms with van der Waals surface area (Å²) in [5, 5.41) is 4.57. The Kier molecular flexibility index (Phi) is 4.61. The topological polar surface area (TPSA) is 12.0 Å². The SMILES string of the molecule is Cc1c(CNCC(F)F)csc1-c1ccccc1F. The van der Waals surface area contributed by atoms with Gasteiger partial charge in [0.15, 0.2) is 0 Å². The van der Waals surface area contributed by atoms with Gasteiger partial charge in [-0.2, -0.15) is 0 Å². The lowest BCUT2D eigenvalue weighted by atomic mass is 10.1. The lowest BCUT2D eigenvalue weighted by Crippen LogP contribution is -2.20. The molecule has 1 nitrogen and oxygen atoms in total. The molecule has 5 heteroatoms. The molecule has 0 bridgehead atoms. The monoisotopic (exact) mass is 285 g/mol. The molecule has 2 aromatic rings. The Hall–Kier alpha value is -1.33. The quantitative estimate of drug-likeness (QED) is 0.867. The molecule has 0 fully saturated rings. The molecule has 0 saturated heterocycles.